The number of benzene rings is 2. The number of halogens is 2. The van der Waals surface area contributed by atoms with Crippen LogP contribution in [0.1, 0.15) is 83.6 Å². The zero-order chi connectivity index (χ0) is 54.6. The summed E-state index contributed by atoms with van der Waals surface area (Å²) in [6, 6.07) is 11.2. The Labute approximate surface area is 435 Å². The summed E-state index contributed by atoms with van der Waals surface area (Å²) in [7, 11) is 2.81. The average Bonchev–Trinajstić information content (AvgIpc) is 3.89. The van der Waals surface area contributed by atoms with Crippen molar-refractivity contribution in [2.75, 3.05) is 44.9 Å². The lowest BCUT2D eigenvalue weighted by Crippen LogP contribution is -2.62. The number of aryl methyl sites for hydroxylation is 1. The van der Waals surface area contributed by atoms with Crippen molar-refractivity contribution in [1.29, 1.82) is 0 Å². The third kappa shape index (κ3) is 13.6. The van der Waals surface area contributed by atoms with Crippen molar-refractivity contribution in [2.24, 2.45) is 23.3 Å². The van der Waals surface area contributed by atoms with Crippen LogP contribution in [0, 0.1) is 39.7 Å². The Kier molecular flexibility index (Phi) is 16.9. The van der Waals surface area contributed by atoms with E-state index in [1.165, 1.54) is 4.68 Å². The van der Waals surface area contributed by atoms with Crippen LogP contribution in [-0.2, 0) is 43.9 Å². The molecule has 3 saturated heterocycles. The number of nitrogens with one attached hydrogen (secondary N) is 4. The lowest BCUT2D eigenvalue weighted by Gasteiger charge is -2.47. The molecule has 0 radical (unpaired) electrons. The normalized spacial score (nSPS) is 18.6. The molecule has 3 aliphatic heterocycles. The van der Waals surface area contributed by atoms with Crippen LogP contribution in [-0.4, -0.2) is 141 Å². The molecule has 21 heteroatoms. The Hall–Kier alpha value is -7.15. The molecular formula is C54H68F2N10O9. The fourth-order valence-corrected chi connectivity index (χ4v) is 9.62. The minimum atomic E-state index is -1.59. The molecule has 0 spiro atoms. The number of pyridine rings is 1. The van der Waals surface area contributed by atoms with Crippen molar-refractivity contribution in [3.63, 3.8) is 0 Å². The van der Waals surface area contributed by atoms with Crippen molar-refractivity contribution in [1.82, 2.24) is 46.0 Å². The van der Waals surface area contributed by atoms with Crippen LogP contribution in [0.5, 0.6) is 0 Å². The van der Waals surface area contributed by atoms with E-state index in [1.807, 2.05) is 19.1 Å². The molecular weight excluding hydrogens is 971 g/mol. The van der Waals surface area contributed by atoms with E-state index >= 15 is 8.78 Å². The second-order valence-electron chi connectivity index (χ2n) is 22.1. The lowest BCUT2D eigenvalue weighted by atomic mass is 9.85. The van der Waals surface area contributed by atoms with Crippen molar-refractivity contribution in [2.45, 2.75) is 111 Å². The molecule has 5 heterocycles. The largest absolute Gasteiger partial charge is 0.465 e. The molecule has 4 aromatic rings. The molecule has 5 amide bonds. The van der Waals surface area contributed by atoms with Gasteiger partial charge in [-0.05, 0) is 85.0 Å². The first-order chi connectivity index (χ1) is 35.3. The number of hydrogen-bond donors (Lipinski definition) is 6. The Morgan fingerprint density at radius 2 is 1.48 bits per heavy atom. The maximum absolute atomic E-state index is 16.0. The van der Waals surface area contributed by atoms with Crippen LogP contribution >= 0.6 is 0 Å². The predicted octanol–water partition coefficient (Wildman–Crippen LogP) is 4.75. The van der Waals surface area contributed by atoms with Gasteiger partial charge < -0.3 is 45.4 Å². The molecule has 2 aromatic carbocycles. The van der Waals surface area contributed by atoms with E-state index in [4.69, 9.17) is 14.5 Å². The van der Waals surface area contributed by atoms with Crippen LogP contribution in [0.3, 0.4) is 0 Å². The van der Waals surface area contributed by atoms with Gasteiger partial charge in [-0.25, -0.2) is 28.4 Å². The summed E-state index contributed by atoms with van der Waals surface area (Å²) in [5.74, 6) is 3.77. The number of alkyl carbamates (subject to hydrolysis) is 1. The highest BCUT2D eigenvalue weighted by Crippen LogP contribution is 2.38. The summed E-state index contributed by atoms with van der Waals surface area (Å²) < 4.78 is 43.6. The third-order valence-electron chi connectivity index (χ3n) is 13.8. The first kappa shape index (κ1) is 55.6. The minimum absolute atomic E-state index is 0.0204. The molecule has 3 fully saturated rings. The summed E-state index contributed by atoms with van der Waals surface area (Å²) >= 11 is 0. The number of carboxylic acid groups (broad SMARTS) is 1. The van der Waals surface area contributed by atoms with E-state index < -0.39 is 94.8 Å². The number of rotatable bonds is 16. The molecule has 3 aliphatic rings. The minimum Gasteiger partial charge on any atom is -0.465 e. The molecule has 75 heavy (non-hydrogen) atoms. The van der Waals surface area contributed by atoms with Crippen molar-refractivity contribution >= 4 is 35.7 Å². The molecule has 19 nitrogen and oxygen atoms in total. The van der Waals surface area contributed by atoms with Gasteiger partial charge in [-0.3, -0.25) is 24.5 Å². The summed E-state index contributed by atoms with van der Waals surface area (Å²) in [5.41, 5.74) is 2.24. The number of nitrogens with zero attached hydrogens (tertiary/aromatic N) is 6. The molecule has 6 atom stereocenters. The molecule has 402 valence electrons. The van der Waals surface area contributed by atoms with Gasteiger partial charge in [0.15, 0.2) is 0 Å². The average molecular weight is 1040 g/mol. The number of aliphatic hydroxyl groups is 1. The van der Waals surface area contributed by atoms with Gasteiger partial charge >= 0.3 is 12.2 Å². The number of carbonyl (C=O) groups excluding carboxylic acids is 4. The Morgan fingerprint density at radius 3 is 2.00 bits per heavy atom. The van der Waals surface area contributed by atoms with Crippen LogP contribution in [0.4, 0.5) is 24.2 Å². The van der Waals surface area contributed by atoms with E-state index in [9.17, 15) is 34.2 Å². The Bertz CT molecular complexity index is 2760. The van der Waals surface area contributed by atoms with Crippen molar-refractivity contribution in [3.05, 3.63) is 101 Å². The maximum Gasteiger partial charge on any atom is 0.407 e. The van der Waals surface area contributed by atoms with Crippen molar-refractivity contribution < 1.29 is 52.4 Å². The molecule has 7 rings (SSSR count). The van der Waals surface area contributed by atoms with Crippen LogP contribution in [0.25, 0.3) is 11.3 Å². The zero-order valence-electron chi connectivity index (χ0n) is 43.9. The number of piperazine rings is 1. The second-order valence-corrected chi connectivity index (χ2v) is 22.1. The van der Waals surface area contributed by atoms with Gasteiger partial charge in [0.2, 0.25) is 11.8 Å². The summed E-state index contributed by atoms with van der Waals surface area (Å²) in [6.45, 7) is 13.1. The first-order valence-electron chi connectivity index (χ1n) is 24.9. The number of hydrogen-bond acceptors (Lipinski definition) is 12. The molecule has 6 N–H and O–H groups in total. The highest BCUT2D eigenvalue weighted by Gasteiger charge is 2.51. The van der Waals surface area contributed by atoms with E-state index in [0.29, 0.717) is 48.7 Å². The highest BCUT2D eigenvalue weighted by atomic mass is 19.1. The number of aromatic nitrogens is 3. The van der Waals surface area contributed by atoms with E-state index in [0.717, 1.165) is 42.9 Å². The first-order valence-corrected chi connectivity index (χ1v) is 24.9. The molecule has 0 saturated carbocycles. The van der Waals surface area contributed by atoms with Crippen LogP contribution in [0.2, 0.25) is 0 Å². The molecule has 2 aromatic heterocycles. The smallest absolute Gasteiger partial charge is 0.407 e. The van der Waals surface area contributed by atoms with Gasteiger partial charge in [-0.1, -0.05) is 65.5 Å². The quantitative estimate of drug-likeness (QED) is 0.0658. The number of methoxy groups -OCH3 is 1. The van der Waals surface area contributed by atoms with Gasteiger partial charge in [-0.15, -0.1) is 0 Å². The van der Waals surface area contributed by atoms with Gasteiger partial charge in [0.05, 0.1) is 43.6 Å². The number of hydrazine groups is 1. The summed E-state index contributed by atoms with van der Waals surface area (Å²) in [6.07, 6.45) is 1.27. The van der Waals surface area contributed by atoms with Gasteiger partial charge in [-0.2, -0.15) is 5.10 Å². The van der Waals surface area contributed by atoms with E-state index in [2.05, 4.69) is 48.1 Å². The fraction of sp³-hybridized carbons (Fsp3) is 0.500. The second kappa shape index (κ2) is 22.8. The standard InChI is InChI=1S/C54H68F2N10O9/c1-52(2,3)45(60-51(73)74-9)47(68)58-42(43(67)29-65(62-48(69)46(53(4,5)6)59-50(71)72)28-38-39(55)23-35(24-40(38)56)41-20-21-63(8)61-41)22-33-13-10-32(11-14-33)12-15-34-16-19-44(57-25-34)64-26-36-17-18-37(27-64)66(36)49(70)54(7)30-75-31-54/h10-11,13-14,16,19-21,23-25,36-37,42-43,45-46,59,67H,17-18,22,26-31H2,1-9H3,(H,58,68)(H,60,73)(H,62,69)(H,71,72). The summed E-state index contributed by atoms with van der Waals surface area (Å²) in [4.78, 5) is 74.8. The third-order valence-corrected chi connectivity index (χ3v) is 13.8. The number of carbonyl (C=O) groups is 5. The Morgan fingerprint density at radius 1 is 0.880 bits per heavy atom. The number of amides is 5. The van der Waals surface area contributed by atoms with E-state index in [1.54, 1.807) is 91.3 Å². The predicted molar refractivity (Wildman–Crippen MR) is 273 cm³/mol. The monoisotopic (exact) mass is 1040 g/mol. The summed E-state index contributed by atoms with van der Waals surface area (Å²) in [5, 5.41) is 34.7. The van der Waals surface area contributed by atoms with Crippen LogP contribution < -0.4 is 26.3 Å². The van der Waals surface area contributed by atoms with Crippen LogP contribution in [0.15, 0.2) is 67.0 Å². The van der Waals surface area contributed by atoms with Gasteiger partial charge in [0, 0.05) is 80.0 Å². The zero-order valence-corrected chi connectivity index (χ0v) is 43.9. The molecule has 0 aliphatic carbocycles. The lowest BCUT2D eigenvalue weighted by molar-refractivity contribution is -0.172. The van der Waals surface area contributed by atoms with Crippen molar-refractivity contribution in [3.8, 4) is 23.1 Å². The number of anilines is 1. The Balaban J connectivity index is 1.11. The van der Waals surface area contributed by atoms with Gasteiger partial charge in [0.1, 0.15) is 29.5 Å². The number of aliphatic hydroxyl groups excluding tert-OH is 1. The van der Waals surface area contributed by atoms with E-state index in [-0.39, 0.29) is 30.0 Å². The number of fused-ring (bicyclic) bond motifs is 2. The molecule has 2 bridgehead atoms. The highest BCUT2D eigenvalue weighted by molar-refractivity contribution is 5.87. The SMILES string of the molecule is COC(=O)NC(C(=O)NC(Cc1ccc(C#Cc2ccc(N3CC4CCC(C3)N4C(=O)C3(C)COC3)nc2)cc1)C(O)CN(Cc1c(F)cc(-c2ccn(C)n2)cc1F)NC(=O)C(NC(=O)O)C(C)(C)C)C(C)(C)C. The molecule has 6 unspecified atom stereocenters. The fourth-order valence-electron chi connectivity index (χ4n) is 9.62. The number of ether oxygens (including phenoxy) is 2. The van der Waals surface area contributed by atoms with Gasteiger partial charge in [0.25, 0.3) is 5.91 Å². The maximum atomic E-state index is 16.0. The topological polar surface area (TPSA) is 233 Å².